The smallest absolute Gasteiger partial charge is 0.246 e. The molecule has 0 spiro atoms. The molecule has 1 fully saturated rings. The Morgan fingerprint density at radius 1 is 1.22 bits per heavy atom. The lowest BCUT2D eigenvalue weighted by Crippen LogP contribution is -2.66. The molecule has 1 saturated heterocycles. The number of anilines is 1. The van der Waals surface area contributed by atoms with E-state index in [-0.39, 0.29) is 11.8 Å². The van der Waals surface area contributed by atoms with Gasteiger partial charge in [-0.05, 0) is 37.6 Å². The summed E-state index contributed by atoms with van der Waals surface area (Å²) in [5.74, 6) is 0.0385. The Kier molecular flexibility index (Phi) is 3.80. The summed E-state index contributed by atoms with van der Waals surface area (Å²) in [5.41, 5.74) is -0.0979. The van der Waals surface area contributed by atoms with E-state index in [1.807, 2.05) is 24.0 Å². The summed E-state index contributed by atoms with van der Waals surface area (Å²) in [4.78, 5) is 34.8. The van der Waals surface area contributed by atoms with Gasteiger partial charge >= 0.3 is 0 Å². The maximum absolute atomic E-state index is 12.8. The van der Waals surface area contributed by atoms with Gasteiger partial charge in [-0.3, -0.25) is 19.4 Å². The maximum Gasteiger partial charge on any atom is 0.246 e. The first-order valence-corrected chi connectivity index (χ1v) is 7.91. The molecule has 6 nitrogen and oxygen atoms in total. The van der Waals surface area contributed by atoms with Gasteiger partial charge in [0, 0.05) is 17.8 Å². The van der Waals surface area contributed by atoms with E-state index >= 15 is 0 Å². The monoisotopic (exact) mass is 334 g/mol. The first kappa shape index (κ1) is 15.8. The van der Waals surface area contributed by atoms with Crippen LogP contribution in [0.25, 0.3) is 0 Å². The SMILES string of the molecule is CCC1(C)C(=O)N(C)C2=NCN(c3ccc(Cl)cc3)CN2C1=O. The van der Waals surface area contributed by atoms with E-state index in [0.29, 0.717) is 30.7 Å². The fourth-order valence-electron chi connectivity index (χ4n) is 2.92. The van der Waals surface area contributed by atoms with Gasteiger partial charge in [-0.2, -0.15) is 0 Å². The van der Waals surface area contributed by atoms with Crippen molar-refractivity contribution in [3.8, 4) is 0 Å². The molecule has 7 heteroatoms. The summed E-state index contributed by atoms with van der Waals surface area (Å²) in [6.07, 6.45) is 0.458. The molecule has 2 heterocycles. The molecule has 0 aromatic heterocycles. The molecule has 0 saturated carbocycles. The largest absolute Gasteiger partial charge is 0.334 e. The number of aliphatic imine (C=N–C) groups is 1. The number of hydrogen-bond acceptors (Lipinski definition) is 4. The van der Waals surface area contributed by atoms with Crippen LogP contribution in [0.5, 0.6) is 0 Å². The average Bonchev–Trinajstić information content (AvgIpc) is 2.58. The number of fused-ring (bicyclic) bond motifs is 1. The molecule has 23 heavy (non-hydrogen) atoms. The van der Waals surface area contributed by atoms with E-state index < -0.39 is 5.41 Å². The molecule has 3 rings (SSSR count). The molecule has 1 unspecified atom stereocenters. The van der Waals surface area contributed by atoms with E-state index in [2.05, 4.69) is 4.99 Å². The Bertz CT molecular complexity index is 688. The van der Waals surface area contributed by atoms with Crippen LogP contribution in [0.3, 0.4) is 0 Å². The Hall–Kier alpha value is -2.08. The van der Waals surface area contributed by atoms with Crippen molar-refractivity contribution >= 4 is 35.1 Å². The molecule has 2 aliphatic rings. The topological polar surface area (TPSA) is 56.2 Å². The van der Waals surface area contributed by atoms with Gasteiger partial charge in [-0.25, -0.2) is 4.99 Å². The zero-order valence-electron chi connectivity index (χ0n) is 13.4. The van der Waals surface area contributed by atoms with Gasteiger partial charge in [0.1, 0.15) is 18.8 Å². The third-order valence-corrected chi connectivity index (χ3v) is 4.88. The van der Waals surface area contributed by atoms with Crippen molar-refractivity contribution in [2.24, 2.45) is 10.4 Å². The third kappa shape index (κ3) is 2.37. The van der Waals surface area contributed by atoms with Crippen LogP contribution in [-0.4, -0.2) is 48.0 Å². The Labute approximate surface area is 140 Å². The van der Waals surface area contributed by atoms with Crippen LogP contribution >= 0.6 is 11.6 Å². The van der Waals surface area contributed by atoms with E-state index in [0.717, 1.165) is 5.69 Å². The number of halogens is 1. The number of benzene rings is 1. The van der Waals surface area contributed by atoms with Crippen molar-refractivity contribution in [3.63, 3.8) is 0 Å². The molecule has 2 aliphatic heterocycles. The molecule has 1 atom stereocenters. The molecule has 0 aliphatic carbocycles. The molecular formula is C16H19ClN4O2. The highest BCUT2D eigenvalue weighted by Crippen LogP contribution is 2.33. The normalized spacial score (nSPS) is 24.7. The Morgan fingerprint density at radius 3 is 2.48 bits per heavy atom. The van der Waals surface area contributed by atoms with Crippen molar-refractivity contribution in [2.75, 3.05) is 25.3 Å². The van der Waals surface area contributed by atoms with Crippen molar-refractivity contribution in [1.82, 2.24) is 9.80 Å². The van der Waals surface area contributed by atoms with Gasteiger partial charge in [0.05, 0.1) is 0 Å². The summed E-state index contributed by atoms with van der Waals surface area (Å²) in [7, 11) is 1.67. The summed E-state index contributed by atoms with van der Waals surface area (Å²) in [6, 6.07) is 7.40. The quantitative estimate of drug-likeness (QED) is 0.779. The number of carbonyl (C=O) groups is 2. The standard InChI is InChI=1S/C16H19ClN4O2/c1-4-16(2)13(22)19(3)15-18-9-20(10-21(15)14(16)23)12-7-5-11(17)6-8-12/h5-8H,4,9-10H2,1-3H3. The molecule has 0 radical (unpaired) electrons. The molecular weight excluding hydrogens is 316 g/mol. The lowest BCUT2D eigenvalue weighted by molar-refractivity contribution is -0.155. The second-order valence-electron chi connectivity index (χ2n) is 6.04. The average molecular weight is 335 g/mol. The number of amides is 2. The maximum atomic E-state index is 12.8. The number of guanidine groups is 1. The predicted molar refractivity (Wildman–Crippen MR) is 89.1 cm³/mol. The van der Waals surface area contributed by atoms with Crippen LogP contribution < -0.4 is 4.90 Å². The van der Waals surface area contributed by atoms with Gasteiger partial charge in [-0.1, -0.05) is 18.5 Å². The van der Waals surface area contributed by atoms with Crippen LogP contribution in [0, 0.1) is 5.41 Å². The van der Waals surface area contributed by atoms with Gasteiger partial charge in [0.2, 0.25) is 17.8 Å². The van der Waals surface area contributed by atoms with Gasteiger partial charge in [-0.15, -0.1) is 0 Å². The van der Waals surface area contributed by atoms with E-state index in [4.69, 9.17) is 11.6 Å². The third-order valence-electron chi connectivity index (χ3n) is 4.63. The number of carbonyl (C=O) groups excluding carboxylic acids is 2. The van der Waals surface area contributed by atoms with Crippen LogP contribution in [0.4, 0.5) is 5.69 Å². The van der Waals surface area contributed by atoms with Crippen molar-refractivity contribution in [1.29, 1.82) is 0 Å². The first-order valence-electron chi connectivity index (χ1n) is 7.53. The van der Waals surface area contributed by atoms with E-state index in [1.165, 1.54) is 4.90 Å². The second-order valence-corrected chi connectivity index (χ2v) is 6.48. The van der Waals surface area contributed by atoms with Crippen molar-refractivity contribution in [2.45, 2.75) is 20.3 Å². The molecule has 0 N–H and O–H groups in total. The van der Waals surface area contributed by atoms with Crippen LogP contribution in [0.2, 0.25) is 5.02 Å². The van der Waals surface area contributed by atoms with Crippen LogP contribution in [-0.2, 0) is 9.59 Å². The minimum Gasteiger partial charge on any atom is -0.334 e. The summed E-state index contributed by atoms with van der Waals surface area (Å²) in [5, 5.41) is 0.660. The van der Waals surface area contributed by atoms with Gasteiger partial charge in [0.15, 0.2) is 0 Å². The highest BCUT2D eigenvalue weighted by molar-refractivity contribution is 6.30. The highest BCUT2D eigenvalue weighted by atomic mass is 35.5. The van der Waals surface area contributed by atoms with E-state index in [1.54, 1.807) is 31.0 Å². The number of nitrogens with zero attached hydrogens (tertiary/aromatic N) is 4. The summed E-state index contributed by atoms with van der Waals surface area (Å²) >= 11 is 5.92. The highest BCUT2D eigenvalue weighted by Gasteiger charge is 2.52. The number of rotatable bonds is 2. The zero-order chi connectivity index (χ0) is 16.8. The van der Waals surface area contributed by atoms with E-state index in [9.17, 15) is 9.59 Å². The summed E-state index contributed by atoms with van der Waals surface area (Å²) < 4.78 is 0. The van der Waals surface area contributed by atoms with Crippen molar-refractivity contribution < 1.29 is 9.59 Å². The van der Waals surface area contributed by atoms with Gasteiger partial charge in [0.25, 0.3) is 0 Å². The molecule has 0 bridgehead atoms. The Morgan fingerprint density at radius 2 is 1.87 bits per heavy atom. The van der Waals surface area contributed by atoms with Crippen LogP contribution in [0.1, 0.15) is 20.3 Å². The molecule has 1 aromatic rings. The lowest BCUT2D eigenvalue weighted by atomic mass is 9.82. The lowest BCUT2D eigenvalue weighted by Gasteiger charge is -2.46. The summed E-state index contributed by atoms with van der Waals surface area (Å²) in [6.45, 7) is 4.31. The molecule has 122 valence electrons. The Balaban J connectivity index is 1.94. The fourth-order valence-corrected chi connectivity index (χ4v) is 3.05. The van der Waals surface area contributed by atoms with Gasteiger partial charge < -0.3 is 4.90 Å². The second kappa shape index (κ2) is 5.53. The zero-order valence-corrected chi connectivity index (χ0v) is 14.2. The number of hydrogen-bond donors (Lipinski definition) is 0. The molecule has 1 aromatic carbocycles. The first-order chi connectivity index (χ1) is 10.9. The predicted octanol–water partition coefficient (Wildman–Crippen LogP) is 2.15. The minimum absolute atomic E-state index is 0.194. The van der Waals surface area contributed by atoms with Crippen molar-refractivity contribution in [3.05, 3.63) is 29.3 Å². The molecule has 2 amide bonds. The fraction of sp³-hybridized carbons (Fsp3) is 0.438. The van der Waals surface area contributed by atoms with Crippen LogP contribution in [0.15, 0.2) is 29.3 Å². The minimum atomic E-state index is -1.03.